The van der Waals surface area contributed by atoms with Crippen molar-refractivity contribution in [3.8, 4) is 0 Å². The third-order valence-electron chi connectivity index (χ3n) is 2.20. The topological polar surface area (TPSA) is 39.2 Å². The minimum Gasteiger partial charge on any atom is -0.468 e. The normalized spacial score (nSPS) is 10.6. The lowest BCUT2D eigenvalue weighted by molar-refractivity contribution is 0.530. The molecule has 0 aliphatic rings. The van der Waals surface area contributed by atoms with Gasteiger partial charge >= 0.3 is 0 Å². The van der Waals surface area contributed by atoms with Crippen molar-refractivity contribution in [3.63, 3.8) is 0 Å². The van der Waals surface area contributed by atoms with Gasteiger partial charge in [0.1, 0.15) is 5.76 Å². The van der Waals surface area contributed by atoms with Crippen molar-refractivity contribution in [2.24, 2.45) is 5.73 Å². The van der Waals surface area contributed by atoms with E-state index < -0.39 is 0 Å². The Morgan fingerprint density at radius 3 is 2.88 bits per heavy atom. The Balaban J connectivity index is 2.11. The fourth-order valence-corrected chi connectivity index (χ4v) is 2.90. The molecule has 2 N–H and O–H groups in total. The van der Waals surface area contributed by atoms with Crippen LogP contribution in [0.1, 0.15) is 11.3 Å². The Kier molecular flexibility index (Phi) is 4.09. The highest BCUT2D eigenvalue weighted by atomic mass is 79.9. The maximum atomic E-state index is 5.70. The van der Waals surface area contributed by atoms with Crippen LogP contribution in [0.25, 0.3) is 0 Å². The van der Waals surface area contributed by atoms with Gasteiger partial charge in [-0.05, 0) is 29.8 Å². The number of rotatable bonds is 4. The lowest BCUT2D eigenvalue weighted by Crippen LogP contribution is -1.98. The van der Waals surface area contributed by atoms with Crippen molar-refractivity contribution >= 4 is 27.7 Å². The number of halogens is 1. The van der Waals surface area contributed by atoms with Gasteiger partial charge in [-0.3, -0.25) is 0 Å². The van der Waals surface area contributed by atoms with Crippen molar-refractivity contribution in [3.05, 3.63) is 52.4 Å². The largest absolute Gasteiger partial charge is 0.468 e. The fourth-order valence-electron chi connectivity index (χ4n) is 1.37. The van der Waals surface area contributed by atoms with Crippen LogP contribution in [0.3, 0.4) is 0 Å². The Bertz CT molecular complexity index is 456. The van der Waals surface area contributed by atoms with E-state index in [4.69, 9.17) is 10.2 Å². The predicted octanol–water partition coefficient (Wildman–Crippen LogP) is 3.79. The second kappa shape index (κ2) is 5.57. The zero-order valence-electron chi connectivity index (χ0n) is 8.65. The van der Waals surface area contributed by atoms with Crippen LogP contribution in [0, 0.1) is 0 Å². The number of benzene rings is 1. The molecule has 0 atom stereocenters. The zero-order valence-corrected chi connectivity index (χ0v) is 11.1. The molecule has 2 rings (SSSR count). The zero-order chi connectivity index (χ0) is 11.4. The summed E-state index contributed by atoms with van der Waals surface area (Å²) in [5, 5.41) is 0. The number of furan rings is 1. The van der Waals surface area contributed by atoms with Crippen molar-refractivity contribution in [2.45, 2.75) is 17.2 Å². The minimum absolute atomic E-state index is 0.563. The van der Waals surface area contributed by atoms with Crippen LogP contribution in [-0.2, 0) is 12.3 Å². The highest BCUT2D eigenvalue weighted by molar-refractivity contribution is 9.10. The van der Waals surface area contributed by atoms with E-state index in [1.54, 1.807) is 18.0 Å². The summed E-state index contributed by atoms with van der Waals surface area (Å²) in [5.41, 5.74) is 6.86. The van der Waals surface area contributed by atoms with E-state index in [1.807, 2.05) is 18.2 Å². The predicted molar refractivity (Wildman–Crippen MR) is 70.3 cm³/mol. The average Bonchev–Trinajstić information content (AvgIpc) is 2.79. The van der Waals surface area contributed by atoms with Gasteiger partial charge in [-0.1, -0.05) is 22.0 Å². The molecule has 0 saturated carbocycles. The molecule has 0 spiro atoms. The van der Waals surface area contributed by atoms with E-state index in [2.05, 4.69) is 28.1 Å². The van der Waals surface area contributed by atoms with Crippen LogP contribution in [0.2, 0.25) is 0 Å². The molecule has 1 aromatic heterocycles. The van der Waals surface area contributed by atoms with Crippen molar-refractivity contribution in [1.82, 2.24) is 0 Å². The van der Waals surface area contributed by atoms with Gasteiger partial charge in [0.25, 0.3) is 0 Å². The Hall–Kier alpha value is -0.710. The van der Waals surface area contributed by atoms with Crippen molar-refractivity contribution in [2.75, 3.05) is 0 Å². The van der Waals surface area contributed by atoms with E-state index in [1.165, 1.54) is 10.5 Å². The highest BCUT2D eigenvalue weighted by Crippen LogP contribution is 2.29. The molecule has 0 aliphatic carbocycles. The summed E-state index contributed by atoms with van der Waals surface area (Å²) in [6, 6.07) is 10.0. The number of hydrogen-bond acceptors (Lipinski definition) is 3. The lowest BCUT2D eigenvalue weighted by atomic mass is 10.2. The van der Waals surface area contributed by atoms with E-state index in [0.29, 0.717) is 6.54 Å². The Morgan fingerprint density at radius 1 is 1.31 bits per heavy atom. The molecule has 0 bridgehead atoms. The van der Waals surface area contributed by atoms with E-state index in [0.717, 1.165) is 16.0 Å². The second-order valence-electron chi connectivity index (χ2n) is 3.32. The van der Waals surface area contributed by atoms with E-state index in [-0.39, 0.29) is 0 Å². The van der Waals surface area contributed by atoms with Crippen LogP contribution in [0.15, 0.2) is 50.4 Å². The van der Waals surface area contributed by atoms with Crippen molar-refractivity contribution < 1.29 is 4.42 Å². The van der Waals surface area contributed by atoms with Crippen LogP contribution in [-0.4, -0.2) is 0 Å². The fraction of sp³-hybridized carbons (Fsp3) is 0.167. The third kappa shape index (κ3) is 2.90. The summed E-state index contributed by atoms with van der Waals surface area (Å²) in [4.78, 5) is 1.20. The Labute approximate surface area is 107 Å². The standard InChI is InChI=1S/C12H12BrNOS/c13-10-4-3-9(7-14)12(6-10)16-8-11-2-1-5-15-11/h1-6H,7-8,14H2. The maximum Gasteiger partial charge on any atom is 0.113 e. The number of hydrogen-bond donors (Lipinski definition) is 1. The summed E-state index contributed by atoms with van der Waals surface area (Å²) in [5.74, 6) is 1.81. The quantitative estimate of drug-likeness (QED) is 0.873. The van der Waals surface area contributed by atoms with Gasteiger partial charge in [0.05, 0.1) is 12.0 Å². The summed E-state index contributed by atoms with van der Waals surface area (Å²) >= 11 is 5.21. The van der Waals surface area contributed by atoms with Crippen LogP contribution in [0.4, 0.5) is 0 Å². The molecule has 1 aromatic carbocycles. The molecule has 2 nitrogen and oxygen atoms in total. The van der Waals surface area contributed by atoms with Gasteiger partial charge in [0.15, 0.2) is 0 Å². The Morgan fingerprint density at radius 2 is 2.19 bits per heavy atom. The molecule has 0 radical (unpaired) electrons. The molecule has 4 heteroatoms. The monoisotopic (exact) mass is 297 g/mol. The van der Waals surface area contributed by atoms with Gasteiger partial charge in [-0.25, -0.2) is 0 Å². The maximum absolute atomic E-state index is 5.70. The molecule has 2 aromatic rings. The number of thioether (sulfide) groups is 1. The number of nitrogens with two attached hydrogens (primary N) is 1. The highest BCUT2D eigenvalue weighted by Gasteiger charge is 2.04. The minimum atomic E-state index is 0.563. The summed E-state index contributed by atoms with van der Waals surface area (Å²) < 4.78 is 6.37. The molecule has 84 valence electrons. The molecule has 0 unspecified atom stereocenters. The first kappa shape index (κ1) is 11.8. The van der Waals surface area contributed by atoms with Crippen molar-refractivity contribution in [1.29, 1.82) is 0 Å². The molecule has 0 amide bonds. The first-order chi connectivity index (χ1) is 7.79. The van der Waals surface area contributed by atoms with Gasteiger partial charge < -0.3 is 10.2 Å². The first-order valence-corrected chi connectivity index (χ1v) is 6.71. The molecule has 16 heavy (non-hydrogen) atoms. The second-order valence-corrected chi connectivity index (χ2v) is 5.26. The van der Waals surface area contributed by atoms with Gasteiger partial charge in [-0.15, -0.1) is 11.8 Å². The molecule has 0 fully saturated rings. The molecule has 0 saturated heterocycles. The molecular formula is C12H12BrNOS. The summed E-state index contributed by atoms with van der Waals surface area (Å²) in [6.45, 7) is 0.563. The van der Waals surface area contributed by atoms with Crippen LogP contribution < -0.4 is 5.73 Å². The molecule has 1 heterocycles. The lowest BCUT2D eigenvalue weighted by Gasteiger charge is -2.06. The average molecular weight is 298 g/mol. The first-order valence-electron chi connectivity index (χ1n) is 4.93. The summed E-state index contributed by atoms with van der Waals surface area (Å²) in [6.07, 6.45) is 1.70. The third-order valence-corrected chi connectivity index (χ3v) is 3.81. The smallest absolute Gasteiger partial charge is 0.113 e. The van der Waals surface area contributed by atoms with E-state index >= 15 is 0 Å². The molecular weight excluding hydrogens is 286 g/mol. The SMILES string of the molecule is NCc1ccc(Br)cc1SCc1ccco1. The van der Waals surface area contributed by atoms with E-state index in [9.17, 15) is 0 Å². The van der Waals surface area contributed by atoms with Gasteiger partial charge in [0, 0.05) is 15.9 Å². The molecule has 0 aliphatic heterocycles. The van der Waals surface area contributed by atoms with Crippen LogP contribution >= 0.6 is 27.7 Å². The van der Waals surface area contributed by atoms with Gasteiger partial charge in [0.2, 0.25) is 0 Å². The van der Waals surface area contributed by atoms with Gasteiger partial charge in [-0.2, -0.15) is 0 Å². The summed E-state index contributed by atoms with van der Waals surface area (Å²) in [7, 11) is 0. The van der Waals surface area contributed by atoms with Crippen LogP contribution in [0.5, 0.6) is 0 Å².